The first kappa shape index (κ1) is 16.9. The van der Waals surface area contributed by atoms with E-state index in [9.17, 15) is 4.79 Å². The number of rotatable bonds is 3. The van der Waals surface area contributed by atoms with E-state index in [2.05, 4.69) is 15.5 Å². The van der Waals surface area contributed by atoms with Crippen LogP contribution in [0.4, 0.5) is 5.69 Å². The van der Waals surface area contributed by atoms with Crippen molar-refractivity contribution in [2.45, 2.75) is 27.7 Å². The van der Waals surface area contributed by atoms with Crippen molar-refractivity contribution in [3.63, 3.8) is 0 Å². The first-order valence-corrected chi connectivity index (χ1v) is 8.15. The molecule has 25 heavy (non-hydrogen) atoms. The quantitative estimate of drug-likeness (QED) is 0.753. The molecule has 1 heterocycles. The van der Waals surface area contributed by atoms with Crippen molar-refractivity contribution in [2.24, 2.45) is 5.41 Å². The third-order valence-electron chi connectivity index (χ3n) is 3.81. The average Bonchev–Trinajstić information content (AvgIpc) is 3.05. The maximum absolute atomic E-state index is 12.0. The smallest absolute Gasteiger partial charge is 0.258 e. The molecule has 0 spiro atoms. The minimum absolute atomic E-state index is 0.0281. The molecule has 0 fully saturated rings. The predicted octanol–water partition coefficient (Wildman–Crippen LogP) is 4.70. The summed E-state index contributed by atoms with van der Waals surface area (Å²) in [5.41, 5.74) is 3.20. The van der Waals surface area contributed by atoms with Gasteiger partial charge in [-0.25, -0.2) is 0 Å². The van der Waals surface area contributed by atoms with Crippen LogP contribution in [-0.2, 0) is 4.79 Å². The molecule has 0 atom stereocenters. The van der Waals surface area contributed by atoms with E-state index in [1.807, 2.05) is 76.2 Å². The highest BCUT2D eigenvalue weighted by Crippen LogP contribution is 2.24. The van der Waals surface area contributed by atoms with Gasteiger partial charge in [0.15, 0.2) is 0 Å². The summed E-state index contributed by atoms with van der Waals surface area (Å²) in [5.74, 6) is 0.976. The lowest BCUT2D eigenvalue weighted by Gasteiger charge is -2.17. The summed E-state index contributed by atoms with van der Waals surface area (Å²) in [7, 11) is 0. The van der Waals surface area contributed by atoms with Crippen molar-refractivity contribution >= 4 is 11.6 Å². The Hall–Kier alpha value is -2.95. The van der Waals surface area contributed by atoms with Gasteiger partial charge in [0.25, 0.3) is 5.89 Å². The lowest BCUT2D eigenvalue weighted by Crippen LogP contribution is -2.27. The van der Waals surface area contributed by atoms with Gasteiger partial charge in [-0.05, 0) is 31.2 Å². The molecule has 1 aromatic heterocycles. The summed E-state index contributed by atoms with van der Waals surface area (Å²) in [4.78, 5) is 16.5. The number of carbonyl (C=O) groups is 1. The Bertz CT molecular complexity index is 873. The summed E-state index contributed by atoms with van der Waals surface area (Å²) in [6.07, 6.45) is 0. The molecule has 0 saturated heterocycles. The Balaban J connectivity index is 1.77. The molecule has 5 nitrogen and oxygen atoms in total. The van der Waals surface area contributed by atoms with Crippen LogP contribution in [-0.4, -0.2) is 16.0 Å². The highest BCUT2D eigenvalue weighted by Gasteiger charge is 2.21. The SMILES string of the molecule is Cc1ccc(-c2noc(-c3ccc(NC(=O)C(C)(C)C)cc3)n2)cc1. The lowest BCUT2D eigenvalue weighted by molar-refractivity contribution is -0.123. The molecule has 0 bridgehead atoms. The van der Waals surface area contributed by atoms with E-state index in [0.717, 1.165) is 16.8 Å². The fourth-order valence-electron chi connectivity index (χ4n) is 2.18. The second-order valence-electron chi connectivity index (χ2n) is 7.07. The number of anilines is 1. The van der Waals surface area contributed by atoms with Crippen LogP contribution in [0.25, 0.3) is 22.8 Å². The molecule has 0 aliphatic rings. The fraction of sp³-hybridized carbons (Fsp3) is 0.250. The number of amides is 1. The van der Waals surface area contributed by atoms with Crippen LogP contribution < -0.4 is 5.32 Å². The van der Waals surface area contributed by atoms with Crippen molar-refractivity contribution in [3.05, 3.63) is 54.1 Å². The average molecular weight is 335 g/mol. The summed E-state index contributed by atoms with van der Waals surface area (Å²) in [6, 6.07) is 15.3. The van der Waals surface area contributed by atoms with E-state index in [0.29, 0.717) is 11.7 Å². The van der Waals surface area contributed by atoms with Gasteiger partial charge in [-0.2, -0.15) is 4.98 Å². The Morgan fingerprint density at radius 2 is 1.56 bits per heavy atom. The minimum atomic E-state index is -0.436. The monoisotopic (exact) mass is 335 g/mol. The third-order valence-corrected chi connectivity index (χ3v) is 3.81. The second kappa shape index (κ2) is 6.51. The molecular weight excluding hydrogens is 314 g/mol. The molecule has 2 aromatic carbocycles. The van der Waals surface area contributed by atoms with Crippen molar-refractivity contribution in [1.82, 2.24) is 10.1 Å². The van der Waals surface area contributed by atoms with Crippen LogP contribution in [0.2, 0.25) is 0 Å². The molecule has 0 unspecified atom stereocenters. The topological polar surface area (TPSA) is 68.0 Å². The number of hydrogen-bond donors (Lipinski definition) is 1. The van der Waals surface area contributed by atoms with Gasteiger partial charge in [-0.1, -0.05) is 55.8 Å². The van der Waals surface area contributed by atoms with Gasteiger partial charge in [0.05, 0.1) is 0 Å². The van der Waals surface area contributed by atoms with Gasteiger partial charge >= 0.3 is 0 Å². The zero-order valence-electron chi connectivity index (χ0n) is 14.8. The summed E-state index contributed by atoms with van der Waals surface area (Å²) >= 11 is 0. The van der Waals surface area contributed by atoms with Gasteiger partial charge in [-0.3, -0.25) is 4.79 Å². The molecule has 1 N–H and O–H groups in total. The first-order valence-electron chi connectivity index (χ1n) is 8.15. The number of nitrogens with zero attached hydrogens (tertiary/aromatic N) is 2. The highest BCUT2D eigenvalue weighted by molar-refractivity contribution is 5.94. The predicted molar refractivity (Wildman–Crippen MR) is 98.0 cm³/mol. The largest absolute Gasteiger partial charge is 0.334 e. The van der Waals surface area contributed by atoms with E-state index in [4.69, 9.17) is 4.52 Å². The molecule has 5 heteroatoms. The fourth-order valence-corrected chi connectivity index (χ4v) is 2.18. The molecule has 1 amide bonds. The Kier molecular flexibility index (Phi) is 4.40. The maximum atomic E-state index is 12.0. The molecule has 0 aliphatic carbocycles. The molecule has 3 rings (SSSR count). The molecule has 3 aromatic rings. The summed E-state index contributed by atoms with van der Waals surface area (Å²) in [5, 5.41) is 6.93. The van der Waals surface area contributed by atoms with Crippen LogP contribution in [0.15, 0.2) is 53.1 Å². The van der Waals surface area contributed by atoms with Crippen molar-refractivity contribution in [3.8, 4) is 22.8 Å². The minimum Gasteiger partial charge on any atom is -0.334 e. The zero-order chi connectivity index (χ0) is 18.0. The molecule has 0 radical (unpaired) electrons. The third kappa shape index (κ3) is 3.94. The van der Waals surface area contributed by atoms with Crippen LogP contribution in [0.3, 0.4) is 0 Å². The van der Waals surface area contributed by atoms with Gasteiger partial charge in [0.1, 0.15) is 0 Å². The molecular formula is C20H21N3O2. The van der Waals surface area contributed by atoms with E-state index in [-0.39, 0.29) is 5.91 Å². The standard InChI is InChI=1S/C20H21N3O2/c1-13-5-7-14(8-6-13)17-22-18(25-23-17)15-9-11-16(12-10-15)21-19(24)20(2,3)4/h5-12H,1-4H3,(H,21,24). The number of aryl methyl sites for hydroxylation is 1. The van der Waals surface area contributed by atoms with E-state index in [1.54, 1.807) is 0 Å². The van der Waals surface area contributed by atoms with Gasteiger partial charge < -0.3 is 9.84 Å². The van der Waals surface area contributed by atoms with Crippen LogP contribution >= 0.6 is 0 Å². The lowest BCUT2D eigenvalue weighted by atomic mass is 9.95. The number of aromatic nitrogens is 2. The van der Waals surface area contributed by atoms with Crippen LogP contribution in [0.1, 0.15) is 26.3 Å². The van der Waals surface area contributed by atoms with E-state index < -0.39 is 5.41 Å². The van der Waals surface area contributed by atoms with Crippen molar-refractivity contribution in [1.29, 1.82) is 0 Å². The van der Waals surface area contributed by atoms with Crippen molar-refractivity contribution in [2.75, 3.05) is 5.32 Å². The van der Waals surface area contributed by atoms with Crippen molar-refractivity contribution < 1.29 is 9.32 Å². The van der Waals surface area contributed by atoms with E-state index in [1.165, 1.54) is 5.56 Å². The Labute approximate surface area is 147 Å². The number of nitrogens with one attached hydrogen (secondary N) is 1. The molecule has 0 aliphatic heterocycles. The highest BCUT2D eigenvalue weighted by atomic mass is 16.5. The van der Waals surface area contributed by atoms with E-state index >= 15 is 0 Å². The van der Waals surface area contributed by atoms with Gasteiger partial charge in [0, 0.05) is 22.2 Å². The number of carbonyl (C=O) groups excluding carboxylic acids is 1. The number of hydrogen-bond acceptors (Lipinski definition) is 4. The first-order chi connectivity index (χ1) is 11.8. The van der Waals surface area contributed by atoms with Crippen LogP contribution in [0, 0.1) is 12.3 Å². The molecule has 0 saturated carbocycles. The zero-order valence-corrected chi connectivity index (χ0v) is 14.8. The van der Waals surface area contributed by atoms with Gasteiger partial charge in [-0.15, -0.1) is 0 Å². The molecule has 128 valence electrons. The normalized spacial score (nSPS) is 11.4. The summed E-state index contributed by atoms with van der Waals surface area (Å²) < 4.78 is 5.36. The van der Waals surface area contributed by atoms with Gasteiger partial charge in [0.2, 0.25) is 11.7 Å². The Morgan fingerprint density at radius 3 is 2.16 bits per heavy atom. The maximum Gasteiger partial charge on any atom is 0.258 e. The Morgan fingerprint density at radius 1 is 0.960 bits per heavy atom. The summed E-state index contributed by atoms with van der Waals surface area (Å²) in [6.45, 7) is 7.66. The second-order valence-corrected chi connectivity index (χ2v) is 7.07. The number of benzene rings is 2. The van der Waals surface area contributed by atoms with Crippen LogP contribution in [0.5, 0.6) is 0 Å².